The number of ether oxygens (including phenoxy) is 2. The van der Waals surface area contributed by atoms with Gasteiger partial charge in [0.25, 0.3) is 0 Å². The van der Waals surface area contributed by atoms with Gasteiger partial charge in [0.2, 0.25) is 0 Å². The zero-order valence-electron chi connectivity index (χ0n) is 16.3. The Kier molecular flexibility index (Phi) is 6.37. The molecule has 3 nitrogen and oxygen atoms in total. The Bertz CT molecular complexity index is 877. The third-order valence-electron chi connectivity index (χ3n) is 4.47. The number of hydrogen-bond donors (Lipinski definition) is 0. The van der Waals surface area contributed by atoms with Crippen molar-refractivity contribution in [1.29, 1.82) is 0 Å². The van der Waals surface area contributed by atoms with Crippen LogP contribution in [0, 0.1) is 6.92 Å². The van der Waals surface area contributed by atoms with Gasteiger partial charge in [-0.2, -0.15) is 0 Å². The summed E-state index contributed by atoms with van der Waals surface area (Å²) in [5.74, 6) is 1.80. The summed E-state index contributed by atoms with van der Waals surface area (Å²) < 4.78 is 13.7. The molecule has 0 fully saturated rings. The highest BCUT2D eigenvalue weighted by Crippen LogP contribution is 2.22. The minimum atomic E-state index is 0.627. The molecule has 140 valence electrons. The van der Waals surface area contributed by atoms with E-state index in [9.17, 15) is 0 Å². The van der Waals surface area contributed by atoms with Crippen molar-refractivity contribution in [3.8, 4) is 17.0 Å². The maximum atomic E-state index is 5.96. The number of aromatic nitrogens is 1. The summed E-state index contributed by atoms with van der Waals surface area (Å²) in [5, 5.41) is 0. The fourth-order valence-electron chi connectivity index (χ4n) is 3.15. The van der Waals surface area contributed by atoms with Gasteiger partial charge in [-0.25, -0.2) is 0 Å². The second kappa shape index (κ2) is 9.13. The monoisotopic (exact) mass is 361 g/mol. The van der Waals surface area contributed by atoms with Crippen LogP contribution in [0.15, 0.2) is 72.5 Å². The standard InChI is InChI=1S/C24H27NO2/c1-4-26-20(3)18-21-11-13-23(14-12-21)27-17-16-25-19(2)10-15-24(25)22-8-6-5-7-9-22/h5-15,18H,4,16-17H2,1-3H3/b20-18+. The molecule has 2 aromatic carbocycles. The second-order valence-electron chi connectivity index (χ2n) is 6.48. The van der Waals surface area contributed by atoms with Crippen molar-refractivity contribution in [3.05, 3.63) is 83.7 Å². The molecule has 0 amide bonds. The quantitative estimate of drug-likeness (QED) is 0.464. The van der Waals surface area contributed by atoms with E-state index in [0.29, 0.717) is 13.2 Å². The first kappa shape index (κ1) is 18.8. The van der Waals surface area contributed by atoms with E-state index in [0.717, 1.165) is 23.6 Å². The van der Waals surface area contributed by atoms with Gasteiger partial charge in [0, 0.05) is 11.4 Å². The Morgan fingerprint density at radius 2 is 1.70 bits per heavy atom. The van der Waals surface area contributed by atoms with Crippen LogP contribution in [-0.2, 0) is 11.3 Å². The lowest BCUT2D eigenvalue weighted by Crippen LogP contribution is -2.10. The molecule has 0 radical (unpaired) electrons. The highest BCUT2D eigenvalue weighted by atomic mass is 16.5. The fraction of sp³-hybridized carbons (Fsp3) is 0.250. The van der Waals surface area contributed by atoms with E-state index in [1.807, 2.05) is 50.3 Å². The van der Waals surface area contributed by atoms with Gasteiger partial charge in [0.1, 0.15) is 12.4 Å². The van der Waals surface area contributed by atoms with Crippen LogP contribution in [0.25, 0.3) is 17.3 Å². The lowest BCUT2D eigenvalue weighted by atomic mass is 10.1. The van der Waals surface area contributed by atoms with Crippen molar-refractivity contribution in [2.45, 2.75) is 27.3 Å². The molecule has 3 aromatic rings. The number of nitrogens with zero attached hydrogens (tertiary/aromatic N) is 1. The first-order valence-electron chi connectivity index (χ1n) is 9.43. The van der Waals surface area contributed by atoms with Crippen molar-refractivity contribution in [2.75, 3.05) is 13.2 Å². The van der Waals surface area contributed by atoms with Crippen molar-refractivity contribution in [3.63, 3.8) is 0 Å². The van der Waals surface area contributed by atoms with Crippen LogP contribution in [0.2, 0.25) is 0 Å². The Balaban J connectivity index is 1.61. The lowest BCUT2D eigenvalue weighted by molar-refractivity contribution is 0.235. The number of aryl methyl sites for hydroxylation is 1. The summed E-state index contributed by atoms with van der Waals surface area (Å²) in [6, 6.07) is 22.9. The second-order valence-corrected chi connectivity index (χ2v) is 6.48. The van der Waals surface area contributed by atoms with Gasteiger partial charge >= 0.3 is 0 Å². The first-order valence-corrected chi connectivity index (χ1v) is 9.43. The normalized spacial score (nSPS) is 11.4. The molecule has 0 N–H and O–H groups in total. The largest absolute Gasteiger partial charge is 0.499 e. The van der Waals surface area contributed by atoms with Crippen LogP contribution in [0.4, 0.5) is 0 Å². The van der Waals surface area contributed by atoms with Gasteiger partial charge in [-0.15, -0.1) is 0 Å². The third-order valence-corrected chi connectivity index (χ3v) is 4.47. The van der Waals surface area contributed by atoms with E-state index in [1.54, 1.807) is 0 Å². The molecule has 0 aliphatic rings. The maximum Gasteiger partial charge on any atom is 0.119 e. The van der Waals surface area contributed by atoms with Crippen molar-refractivity contribution < 1.29 is 9.47 Å². The predicted molar refractivity (Wildman–Crippen MR) is 112 cm³/mol. The molecule has 0 saturated heterocycles. The van der Waals surface area contributed by atoms with Crippen LogP contribution in [0.5, 0.6) is 5.75 Å². The van der Waals surface area contributed by atoms with Crippen LogP contribution in [0.1, 0.15) is 25.1 Å². The molecular formula is C24H27NO2. The predicted octanol–water partition coefficient (Wildman–Crippen LogP) is 5.94. The average molecular weight is 361 g/mol. The minimum Gasteiger partial charge on any atom is -0.499 e. The SMILES string of the molecule is CCO/C(C)=C/c1ccc(OCCn2c(C)ccc2-c2ccccc2)cc1. The Labute approximate surface area is 161 Å². The maximum absolute atomic E-state index is 5.96. The van der Waals surface area contributed by atoms with Gasteiger partial charge < -0.3 is 14.0 Å². The van der Waals surface area contributed by atoms with Crippen LogP contribution in [0.3, 0.4) is 0 Å². The molecule has 0 atom stereocenters. The van der Waals surface area contributed by atoms with E-state index in [1.165, 1.54) is 17.0 Å². The summed E-state index contributed by atoms with van der Waals surface area (Å²) in [5.41, 5.74) is 4.81. The molecule has 3 heteroatoms. The molecule has 0 aliphatic carbocycles. The van der Waals surface area contributed by atoms with Crippen molar-refractivity contribution in [2.24, 2.45) is 0 Å². The first-order chi connectivity index (χ1) is 13.2. The van der Waals surface area contributed by atoms with Crippen molar-refractivity contribution >= 4 is 6.08 Å². The Morgan fingerprint density at radius 1 is 0.963 bits per heavy atom. The molecule has 1 aromatic heterocycles. The molecular weight excluding hydrogens is 334 g/mol. The fourth-order valence-corrected chi connectivity index (χ4v) is 3.15. The molecule has 3 rings (SSSR count). The topological polar surface area (TPSA) is 23.4 Å². The summed E-state index contributed by atoms with van der Waals surface area (Å²) >= 11 is 0. The average Bonchev–Trinajstić information content (AvgIpc) is 3.05. The third kappa shape index (κ3) is 5.04. The van der Waals surface area contributed by atoms with Gasteiger partial charge in [0.05, 0.1) is 18.9 Å². The van der Waals surface area contributed by atoms with Gasteiger partial charge in [-0.05, 0) is 62.2 Å². The molecule has 27 heavy (non-hydrogen) atoms. The zero-order valence-corrected chi connectivity index (χ0v) is 16.3. The molecule has 0 saturated carbocycles. The van der Waals surface area contributed by atoms with Crippen molar-refractivity contribution in [1.82, 2.24) is 4.57 Å². The van der Waals surface area contributed by atoms with E-state index in [-0.39, 0.29) is 0 Å². The molecule has 1 heterocycles. The lowest BCUT2D eigenvalue weighted by Gasteiger charge is -2.13. The number of benzene rings is 2. The minimum absolute atomic E-state index is 0.627. The van der Waals surface area contributed by atoms with E-state index >= 15 is 0 Å². The van der Waals surface area contributed by atoms with Gasteiger partial charge in [0.15, 0.2) is 0 Å². The van der Waals surface area contributed by atoms with E-state index in [2.05, 4.69) is 47.9 Å². The van der Waals surface area contributed by atoms with Crippen LogP contribution >= 0.6 is 0 Å². The molecule has 0 unspecified atom stereocenters. The zero-order chi connectivity index (χ0) is 19.1. The Hall–Kier alpha value is -2.94. The highest BCUT2D eigenvalue weighted by molar-refractivity contribution is 5.60. The molecule has 0 spiro atoms. The van der Waals surface area contributed by atoms with Crippen LogP contribution in [-0.4, -0.2) is 17.8 Å². The van der Waals surface area contributed by atoms with Gasteiger partial charge in [-0.1, -0.05) is 42.5 Å². The number of rotatable bonds is 8. The molecule has 0 bridgehead atoms. The van der Waals surface area contributed by atoms with E-state index in [4.69, 9.17) is 9.47 Å². The smallest absolute Gasteiger partial charge is 0.119 e. The van der Waals surface area contributed by atoms with Crippen LogP contribution < -0.4 is 4.74 Å². The number of hydrogen-bond acceptors (Lipinski definition) is 2. The summed E-state index contributed by atoms with van der Waals surface area (Å²) in [6.07, 6.45) is 2.03. The highest BCUT2D eigenvalue weighted by Gasteiger charge is 2.07. The molecule has 0 aliphatic heterocycles. The van der Waals surface area contributed by atoms with Gasteiger partial charge in [-0.3, -0.25) is 0 Å². The summed E-state index contributed by atoms with van der Waals surface area (Å²) in [6.45, 7) is 8.22. The number of allylic oxidation sites excluding steroid dienone is 1. The summed E-state index contributed by atoms with van der Waals surface area (Å²) in [7, 11) is 0. The Morgan fingerprint density at radius 3 is 2.41 bits per heavy atom. The summed E-state index contributed by atoms with van der Waals surface area (Å²) in [4.78, 5) is 0. The van der Waals surface area contributed by atoms with E-state index < -0.39 is 0 Å².